The summed E-state index contributed by atoms with van der Waals surface area (Å²) in [5.74, 6) is 6.26. The minimum Gasteiger partial charge on any atom is -0.368 e. The van der Waals surface area contributed by atoms with Crippen LogP contribution in [0.1, 0.15) is 5.82 Å². The van der Waals surface area contributed by atoms with Crippen LogP contribution in [0.25, 0.3) is 0 Å². The minimum atomic E-state index is -0.455. The molecule has 6 N–H and O–H groups in total. The minimum absolute atomic E-state index is 0.0282. The Bertz CT molecular complexity index is 339. The summed E-state index contributed by atoms with van der Waals surface area (Å²) in [4.78, 5) is 18.5. The molecule has 0 aromatic carbocycles. The zero-order valence-electron chi connectivity index (χ0n) is 7.74. The topological polar surface area (TPSA) is 119 Å². The molecule has 0 saturated heterocycles. The fourth-order valence-corrected chi connectivity index (χ4v) is 0.910. The summed E-state index contributed by atoms with van der Waals surface area (Å²) in [5, 5.41) is 2.74. The molecule has 0 atom stereocenters. The van der Waals surface area contributed by atoms with Gasteiger partial charge in [-0.3, -0.25) is 4.79 Å². The van der Waals surface area contributed by atoms with Gasteiger partial charge in [0.2, 0.25) is 5.91 Å². The Hall–Kier alpha value is -1.89. The summed E-state index contributed by atoms with van der Waals surface area (Å²) in [7, 11) is 0. The van der Waals surface area contributed by atoms with E-state index in [0.29, 0.717) is 17.5 Å². The van der Waals surface area contributed by atoms with E-state index in [1.165, 1.54) is 0 Å². The van der Waals surface area contributed by atoms with Crippen LogP contribution in [0.3, 0.4) is 0 Å². The van der Waals surface area contributed by atoms with E-state index < -0.39 is 5.91 Å². The zero-order chi connectivity index (χ0) is 10.6. The quantitative estimate of drug-likeness (QED) is 0.361. The third kappa shape index (κ3) is 2.87. The highest BCUT2D eigenvalue weighted by Gasteiger charge is 2.01. The molecule has 1 heterocycles. The van der Waals surface area contributed by atoms with E-state index in [2.05, 4.69) is 20.7 Å². The maximum absolute atomic E-state index is 10.5. The van der Waals surface area contributed by atoms with Crippen molar-refractivity contribution in [2.45, 2.75) is 6.92 Å². The zero-order valence-corrected chi connectivity index (χ0v) is 7.74. The number of primary amides is 1. The molecule has 0 aliphatic heterocycles. The molecule has 1 amide bonds. The molecular weight excluding hydrogens is 184 g/mol. The maximum atomic E-state index is 10.5. The van der Waals surface area contributed by atoms with Crippen LogP contribution in [0.4, 0.5) is 11.6 Å². The van der Waals surface area contributed by atoms with Gasteiger partial charge < -0.3 is 16.5 Å². The second-order valence-electron chi connectivity index (χ2n) is 2.65. The first-order valence-electron chi connectivity index (χ1n) is 3.96. The Morgan fingerprint density at radius 2 is 2.14 bits per heavy atom. The maximum Gasteiger partial charge on any atom is 0.236 e. The van der Waals surface area contributed by atoms with Crippen LogP contribution in [0.15, 0.2) is 6.07 Å². The molecule has 1 aromatic rings. The molecule has 0 bridgehead atoms. The van der Waals surface area contributed by atoms with Gasteiger partial charge in [-0.05, 0) is 6.92 Å². The van der Waals surface area contributed by atoms with Gasteiger partial charge in [0.15, 0.2) is 0 Å². The van der Waals surface area contributed by atoms with Gasteiger partial charge in [-0.2, -0.15) is 0 Å². The standard InChI is InChI=1S/C7H12N6O/c1-4-11-6(10-3-5(8)14)2-7(12-4)13-9/h2H,3,9H2,1H3,(H2,8,14)(H2,10,11,12,13). The Morgan fingerprint density at radius 1 is 1.50 bits per heavy atom. The normalized spacial score (nSPS) is 9.57. The van der Waals surface area contributed by atoms with Crippen LogP contribution in [-0.2, 0) is 4.79 Å². The fourth-order valence-electron chi connectivity index (χ4n) is 0.910. The van der Waals surface area contributed by atoms with Crippen molar-refractivity contribution in [3.05, 3.63) is 11.9 Å². The van der Waals surface area contributed by atoms with E-state index in [0.717, 1.165) is 0 Å². The number of nitrogens with one attached hydrogen (secondary N) is 2. The Morgan fingerprint density at radius 3 is 2.71 bits per heavy atom. The number of rotatable bonds is 4. The van der Waals surface area contributed by atoms with Crippen molar-refractivity contribution < 1.29 is 4.79 Å². The average molecular weight is 196 g/mol. The average Bonchev–Trinajstić information content (AvgIpc) is 2.14. The summed E-state index contributed by atoms with van der Waals surface area (Å²) in [6.07, 6.45) is 0. The number of amides is 1. The van der Waals surface area contributed by atoms with E-state index in [1.54, 1.807) is 13.0 Å². The van der Waals surface area contributed by atoms with Crippen LogP contribution in [0.2, 0.25) is 0 Å². The van der Waals surface area contributed by atoms with Gasteiger partial charge >= 0.3 is 0 Å². The molecule has 7 nitrogen and oxygen atoms in total. The highest BCUT2D eigenvalue weighted by Crippen LogP contribution is 2.08. The molecule has 14 heavy (non-hydrogen) atoms. The van der Waals surface area contributed by atoms with E-state index in [4.69, 9.17) is 11.6 Å². The van der Waals surface area contributed by atoms with Gasteiger partial charge in [0, 0.05) is 6.07 Å². The molecule has 0 fully saturated rings. The van der Waals surface area contributed by atoms with E-state index in [9.17, 15) is 4.79 Å². The largest absolute Gasteiger partial charge is 0.368 e. The number of nitrogen functional groups attached to an aromatic ring is 1. The number of carbonyl (C=O) groups is 1. The number of anilines is 2. The van der Waals surface area contributed by atoms with E-state index in [1.807, 2.05) is 0 Å². The molecule has 1 rings (SSSR count). The molecule has 0 unspecified atom stereocenters. The third-order valence-corrected chi connectivity index (χ3v) is 1.43. The van der Waals surface area contributed by atoms with Crippen molar-refractivity contribution in [3.63, 3.8) is 0 Å². The second-order valence-corrected chi connectivity index (χ2v) is 2.65. The molecule has 0 saturated carbocycles. The number of hydrazine groups is 1. The van der Waals surface area contributed by atoms with Crippen molar-refractivity contribution in [3.8, 4) is 0 Å². The van der Waals surface area contributed by atoms with E-state index in [-0.39, 0.29) is 6.54 Å². The molecule has 0 aliphatic rings. The van der Waals surface area contributed by atoms with Gasteiger partial charge in [-0.25, -0.2) is 15.8 Å². The second kappa shape index (κ2) is 4.38. The fraction of sp³-hybridized carbons (Fsp3) is 0.286. The molecule has 0 radical (unpaired) electrons. The van der Waals surface area contributed by atoms with Crippen LogP contribution >= 0.6 is 0 Å². The highest BCUT2D eigenvalue weighted by atomic mass is 16.1. The summed E-state index contributed by atoms with van der Waals surface area (Å²) >= 11 is 0. The first kappa shape index (κ1) is 10.2. The summed E-state index contributed by atoms with van der Waals surface area (Å²) < 4.78 is 0. The van der Waals surface area contributed by atoms with Crippen molar-refractivity contribution in [1.29, 1.82) is 0 Å². The number of aromatic nitrogens is 2. The Labute approximate surface area is 80.9 Å². The molecule has 1 aromatic heterocycles. The van der Waals surface area contributed by atoms with Gasteiger partial charge in [0.05, 0.1) is 6.54 Å². The molecule has 76 valence electrons. The number of carbonyl (C=O) groups excluding carboxylic acids is 1. The molecular formula is C7H12N6O. The molecule has 7 heteroatoms. The van der Waals surface area contributed by atoms with Gasteiger partial charge in [-0.1, -0.05) is 0 Å². The Kier molecular flexibility index (Phi) is 3.19. The number of aryl methyl sites for hydroxylation is 1. The van der Waals surface area contributed by atoms with Crippen LogP contribution in [-0.4, -0.2) is 22.4 Å². The van der Waals surface area contributed by atoms with Crippen LogP contribution in [0.5, 0.6) is 0 Å². The summed E-state index contributed by atoms with van der Waals surface area (Å²) in [5.41, 5.74) is 7.35. The Balaban J connectivity index is 2.76. The SMILES string of the molecule is Cc1nc(NN)cc(NCC(N)=O)n1. The van der Waals surface area contributed by atoms with Gasteiger partial charge in [0.1, 0.15) is 17.5 Å². The lowest BCUT2D eigenvalue weighted by Crippen LogP contribution is -2.22. The summed E-state index contributed by atoms with van der Waals surface area (Å²) in [6.45, 7) is 1.75. The van der Waals surface area contributed by atoms with Crippen molar-refractivity contribution in [2.75, 3.05) is 17.3 Å². The van der Waals surface area contributed by atoms with Crippen LogP contribution in [0, 0.1) is 6.92 Å². The predicted molar refractivity (Wildman–Crippen MR) is 52.3 cm³/mol. The van der Waals surface area contributed by atoms with Crippen molar-refractivity contribution in [1.82, 2.24) is 9.97 Å². The van der Waals surface area contributed by atoms with Crippen molar-refractivity contribution >= 4 is 17.5 Å². The number of hydrogen-bond donors (Lipinski definition) is 4. The monoisotopic (exact) mass is 196 g/mol. The van der Waals surface area contributed by atoms with Gasteiger partial charge in [-0.15, -0.1) is 0 Å². The highest BCUT2D eigenvalue weighted by molar-refractivity contribution is 5.78. The molecule has 0 spiro atoms. The molecule has 0 aliphatic carbocycles. The lowest BCUT2D eigenvalue weighted by molar-refractivity contribution is -0.116. The van der Waals surface area contributed by atoms with Crippen LogP contribution < -0.4 is 22.3 Å². The first-order valence-corrected chi connectivity index (χ1v) is 3.96. The lowest BCUT2D eigenvalue weighted by atomic mass is 10.5. The number of hydrogen-bond acceptors (Lipinski definition) is 6. The third-order valence-electron chi connectivity index (χ3n) is 1.43. The lowest BCUT2D eigenvalue weighted by Gasteiger charge is -2.06. The summed E-state index contributed by atoms with van der Waals surface area (Å²) in [6, 6.07) is 1.58. The van der Waals surface area contributed by atoms with Crippen molar-refractivity contribution in [2.24, 2.45) is 11.6 Å². The predicted octanol–water partition coefficient (Wildman–Crippen LogP) is -1.03. The van der Waals surface area contributed by atoms with E-state index >= 15 is 0 Å². The number of nitrogens with zero attached hydrogens (tertiary/aromatic N) is 2. The first-order chi connectivity index (χ1) is 6.61. The number of nitrogens with two attached hydrogens (primary N) is 2. The van der Waals surface area contributed by atoms with Gasteiger partial charge in [0.25, 0.3) is 0 Å². The smallest absolute Gasteiger partial charge is 0.236 e.